The van der Waals surface area contributed by atoms with E-state index in [2.05, 4.69) is 10.5 Å². The fourth-order valence-corrected chi connectivity index (χ4v) is 2.49. The molecule has 0 aliphatic rings. The molecule has 6 nitrogen and oxygen atoms in total. The van der Waals surface area contributed by atoms with Crippen molar-refractivity contribution in [2.45, 2.75) is 0 Å². The highest BCUT2D eigenvalue weighted by molar-refractivity contribution is 6.36. The van der Waals surface area contributed by atoms with E-state index < -0.39 is 18.5 Å². The molecule has 0 aromatic heterocycles. The van der Waals surface area contributed by atoms with Crippen LogP contribution in [0.2, 0.25) is 15.1 Å². The van der Waals surface area contributed by atoms with Crippen molar-refractivity contribution >= 4 is 52.9 Å². The van der Waals surface area contributed by atoms with Gasteiger partial charge in [-0.2, -0.15) is 5.10 Å². The van der Waals surface area contributed by atoms with Gasteiger partial charge < -0.3 is 9.84 Å². The van der Waals surface area contributed by atoms with Gasteiger partial charge in [0.1, 0.15) is 5.75 Å². The monoisotopic (exact) mass is 400 g/mol. The maximum Gasteiger partial charge on any atom is 0.341 e. The summed E-state index contributed by atoms with van der Waals surface area (Å²) in [5.41, 5.74) is 3.15. The van der Waals surface area contributed by atoms with Gasteiger partial charge in [0.05, 0.1) is 21.8 Å². The topological polar surface area (TPSA) is 88.0 Å². The summed E-state index contributed by atoms with van der Waals surface area (Å²) in [6.45, 7) is -0.495. The first-order valence-corrected chi connectivity index (χ1v) is 7.93. The second-order valence-electron chi connectivity index (χ2n) is 4.70. The van der Waals surface area contributed by atoms with E-state index in [1.165, 1.54) is 30.5 Å². The van der Waals surface area contributed by atoms with Crippen molar-refractivity contribution in [2.24, 2.45) is 5.10 Å². The quantitative estimate of drug-likeness (QED) is 0.568. The minimum Gasteiger partial charge on any atom is -0.480 e. The number of halogens is 3. The fourth-order valence-electron chi connectivity index (χ4n) is 1.75. The van der Waals surface area contributed by atoms with Gasteiger partial charge >= 0.3 is 5.97 Å². The van der Waals surface area contributed by atoms with Crippen LogP contribution in [-0.4, -0.2) is 29.8 Å². The van der Waals surface area contributed by atoms with Crippen LogP contribution in [0.3, 0.4) is 0 Å². The Morgan fingerprint density at radius 2 is 1.88 bits per heavy atom. The summed E-state index contributed by atoms with van der Waals surface area (Å²) in [7, 11) is 0. The van der Waals surface area contributed by atoms with Gasteiger partial charge in [0.2, 0.25) is 0 Å². The second kappa shape index (κ2) is 8.71. The Labute approximate surface area is 158 Å². The minimum absolute atomic E-state index is 0.211. The molecule has 0 fully saturated rings. The van der Waals surface area contributed by atoms with Gasteiger partial charge in [0, 0.05) is 5.02 Å². The number of carboxylic acids is 1. The SMILES string of the molecule is O=C(O)COc1ccc(/C=N\NC(=O)c2ccc(Cl)cc2Cl)cc1Cl. The second-order valence-corrected chi connectivity index (χ2v) is 5.95. The predicted molar refractivity (Wildman–Crippen MR) is 96.1 cm³/mol. The molecule has 0 heterocycles. The highest BCUT2D eigenvalue weighted by atomic mass is 35.5. The minimum atomic E-state index is -1.11. The molecule has 0 bridgehead atoms. The van der Waals surface area contributed by atoms with Crippen molar-refractivity contribution in [1.82, 2.24) is 5.43 Å². The van der Waals surface area contributed by atoms with Crippen molar-refractivity contribution in [2.75, 3.05) is 6.61 Å². The lowest BCUT2D eigenvalue weighted by Gasteiger charge is -2.06. The molecule has 2 N–H and O–H groups in total. The molecule has 1 amide bonds. The molecule has 0 saturated carbocycles. The van der Waals surface area contributed by atoms with Crippen LogP contribution in [0.15, 0.2) is 41.5 Å². The Morgan fingerprint density at radius 1 is 1.12 bits per heavy atom. The molecular weight excluding hydrogens is 391 g/mol. The molecule has 0 aliphatic heterocycles. The summed E-state index contributed by atoms with van der Waals surface area (Å²) < 4.78 is 5.01. The molecule has 130 valence electrons. The van der Waals surface area contributed by atoms with Gasteiger partial charge in [0.15, 0.2) is 6.61 Å². The third-order valence-corrected chi connectivity index (χ3v) is 3.71. The lowest BCUT2D eigenvalue weighted by molar-refractivity contribution is -0.139. The normalized spacial score (nSPS) is 10.7. The number of rotatable bonds is 6. The van der Waals surface area contributed by atoms with Crippen LogP contribution in [0.25, 0.3) is 0 Å². The number of benzene rings is 2. The van der Waals surface area contributed by atoms with Crippen LogP contribution in [0.4, 0.5) is 0 Å². The van der Waals surface area contributed by atoms with E-state index >= 15 is 0 Å². The van der Waals surface area contributed by atoms with Crippen molar-refractivity contribution < 1.29 is 19.4 Å². The lowest BCUT2D eigenvalue weighted by Crippen LogP contribution is -2.18. The summed E-state index contributed by atoms with van der Waals surface area (Å²) in [5.74, 6) is -1.37. The summed E-state index contributed by atoms with van der Waals surface area (Å²) >= 11 is 17.7. The summed E-state index contributed by atoms with van der Waals surface area (Å²) in [6.07, 6.45) is 1.37. The number of amides is 1. The number of nitrogens with one attached hydrogen (secondary N) is 1. The van der Waals surface area contributed by atoms with Crippen LogP contribution in [-0.2, 0) is 4.79 Å². The zero-order valence-electron chi connectivity index (χ0n) is 12.5. The van der Waals surface area contributed by atoms with E-state index in [0.29, 0.717) is 10.6 Å². The molecule has 0 saturated heterocycles. The van der Waals surface area contributed by atoms with Crippen LogP contribution in [0, 0.1) is 0 Å². The van der Waals surface area contributed by atoms with E-state index in [-0.39, 0.29) is 21.4 Å². The van der Waals surface area contributed by atoms with Crippen molar-refractivity contribution in [1.29, 1.82) is 0 Å². The molecule has 0 aliphatic carbocycles. The Morgan fingerprint density at radius 3 is 2.52 bits per heavy atom. The number of aliphatic carboxylic acids is 1. The number of carboxylic acid groups (broad SMARTS) is 1. The number of hydrogen-bond acceptors (Lipinski definition) is 4. The van der Waals surface area contributed by atoms with Crippen LogP contribution in [0.5, 0.6) is 5.75 Å². The first-order valence-electron chi connectivity index (χ1n) is 6.79. The van der Waals surface area contributed by atoms with Gasteiger partial charge in [-0.3, -0.25) is 4.79 Å². The molecule has 0 atom stereocenters. The van der Waals surface area contributed by atoms with Crippen molar-refractivity contribution in [3.63, 3.8) is 0 Å². The van der Waals surface area contributed by atoms with E-state index in [0.717, 1.165) is 0 Å². The van der Waals surface area contributed by atoms with Gasteiger partial charge in [-0.1, -0.05) is 34.8 Å². The third-order valence-electron chi connectivity index (χ3n) is 2.86. The van der Waals surface area contributed by atoms with E-state index in [4.69, 9.17) is 44.6 Å². The lowest BCUT2D eigenvalue weighted by atomic mass is 10.2. The predicted octanol–water partition coefficient (Wildman–Crippen LogP) is 3.87. The Kier molecular flexibility index (Phi) is 6.64. The number of nitrogens with zero attached hydrogens (tertiary/aromatic N) is 1. The first kappa shape index (κ1) is 19.1. The van der Waals surface area contributed by atoms with Crippen molar-refractivity contribution in [3.8, 4) is 5.75 Å². The van der Waals surface area contributed by atoms with E-state index in [1.807, 2.05) is 0 Å². The molecule has 0 unspecified atom stereocenters. The zero-order valence-corrected chi connectivity index (χ0v) is 14.8. The van der Waals surface area contributed by atoms with Gasteiger partial charge in [-0.25, -0.2) is 10.2 Å². The standard InChI is InChI=1S/C16H11Cl3N2O4/c17-10-2-3-11(12(18)6-10)16(24)21-20-7-9-1-4-14(13(19)5-9)25-8-15(22)23/h1-7H,8H2,(H,21,24)(H,22,23)/b20-7-. The number of hydrazone groups is 1. The fraction of sp³-hybridized carbons (Fsp3) is 0.0625. The first-order chi connectivity index (χ1) is 11.9. The summed E-state index contributed by atoms with van der Waals surface area (Å²) in [5, 5.41) is 13.2. The number of hydrogen-bond donors (Lipinski definition) is 2. The Balaban J connectivity index is 2.00. The smallest absolute Gasteiger partial charge is 0.341 e. The van der Waals surface area contributed by atoms with Crippen molar-refractivity contribution in [3.05, 3.63) is 62.6 Å². The molecule has 2 aromatic rings. The van der Waals surface area contributed by atoms with Gasteiger partial charge in [0.25, 0.3) is 5.91 Å². The van der Waals surface area contributed by atoms with Gasteiger partial charge in [-0.05, 0) is 42.0 Å². The third kappa shape index (κ3) is 5.63. The molecule has 25 heavy (non-hydrogen) atoms. The molecule has 9 heteroatoms. The maximum absolute atomic E-state index is 12.0. The highest BCUT2D eigenvalue weighted by Gasteiger charge is 2.10. The van der Waals surface area contributed by atoms with Crippen LogP contribution in [0.1, 0.15) is 15.9 Å². The number of ether oxygens (including phenoxy) is 1. The Hall–Kier alpha value is -2.28. The molecule has 2 aromatic carbocycles. The van der Waals surface area contributed by atoms with E-state index in [9.17, 15) is 9.59 Å². The average Bonchev–Trinajstić information content (AvgIpc) is 2.53. The zero-order chi connectivity index (χ0) is 18.4. The summed E-state index contributed by atoms with van der Waals surface area (Å²) in [4.78, 5) is 22.5. The summed E-state index contributed by atoms with van der Waals surface area (Å²) in [6, 6.07) is 9.11. The highest BCUT2D eigenvalue weighted by Crippen LogP contribution is 2.25. The maximum atomic E-state index is 12.0. The number of carbonyl (C=O) groups is 2. The molecular formula is C16H11Cl3N2O4. The molecule has 2 rings (SSSR count). The Bertz CT molecular complexity index is 840. The van der Waals surface area contributed by atoms with Gasteiger partial charge in [-0.15, -0.1) is 0 Å². The molecule has 0 radical (unpaired) electrons. The molecule has 0 spiro atoms. The van der Waals surface area contributed by atoms with Crippen LogP contribution < -0.4 is 10.2 Å². The van der Waals surface area contributed by atoms with Crippen LogP contribution >= 0.6 is 34.8 Å². The van der Waals surface area contributed by atoms with E-state index in [1.54, 1.807) is 12.1 Å². The largest absolute Gasteiger partial charge is 0.480 e. The average molecular weight is 402 g/mol. The number of carbonyl (C=O) groups excluding carboxylic acids is 1.